The van der Waals surface area contributed by atoms with Gasteiger partial charge in [-0.1, -0.05) is 13.8 Å². The van der Waals surface area contributed by atoms with Crippen molar-refractivity contribution in [3.05, 3.63) is 27.3 Å². The van der Waals surface area contributed by atoms with Gasteiger partial charge in [0.2, 0.25) is 0 Å². The highest BCUT2D eigenvalue weighted by Crippen LogP contribution is 2.19. The van der Waals surface area contributed by atoms with Crippen LogP contribution in [0.5, 0.6) is 0 Å². The molecule has 3 N–H and O–H groups in total. The van der Waals surface area contributed by atoms with Crippen molar-refractivity contribution in [2.45, 2.75) is 20.8 Å². The third-order valence-electron chi connectivity index (χ3n) is 2.99. The molecule has 0 aromatic heterocycles. The summed E-state index contributed by atoms with van der Waals surface area (Å²) < 4.78 is 1.28. The van der Waals surface area contributed by atoms with E-state index in [4.69, 9.17) is 5.73 Å². The number of hydrogen-bond acceptors (Lipinski definition) is 2. The molecule has 0 aliphatic carbocycles. The summed E-state index contributed by atoms with van der Waals surface area (Å²) in [6, 6.07) is 6.46. The summed E-state index contributed by atoms with van der Waals surface area (Å²) in [6.45, 7) is 8.28. The van der Waals surface area contributed by atoms with Crippen molar-refractivity contribution in [1.82, 2.24) is 0 Å². The number of halogens is 1. The summed E-state index contributed by atoms with van der Waals surface area (Å²) in [5.41, 5.74) is 8.28. The molecule has 1 unspecified atom stereocenters. The van der Waals surface area contributed by atoms with Gasteiger partial charge in [-0.2, -0.15) is 0 Å². The van der Waals surface area contributed by atoms with E-state index in [1.54, 1.807) is 0 Å². The Morgan fingerprint density at radius 2 is 2.06 bits per heavy atom. The van der Waals surface area contributed by atoms with E-state index in [0.29, 0.717) is 11.8 Å². The van der Waals surface area contributed by atoms with Gasteiger partial charge < -0.3 is 11.1 Å². The van der Waals surface area contributed by atoms with Gasteiger partial charge in [0.15, 0.2) is 0 Å². The lowest BCUT2D eigenvalue weighted by Crippen LogP contribution is -2.27. The number of benzene rings is 1. The van der Waals surface area contributed by atoms with E-state index in [1.165, 1.54) is 14.8 Å². The number of rotatable bonds is 5. The first kappa shape index (κ1) is 13.8. The van der Waals surface area contributed by atoms with Gasteiger partial charge in [0.05, 0.1) is 0 Å². The SMILES string of the molecule is Cc1cc(I)ccc1NCC(CN)C(C)C. The minimum absolute atomic E-state index is 0.540. The minimum atomic E-state index is 0.540. The fraction of sp³-hybridized carbons (Fsp3) is 0.538. The Morgan fingerprint density at radius 1 is 1.38 bits per heavy atom. The van der Waals surface area contributed by atoms with Gasteiger partial charge in [-0.15, -0.1) is 0 Å². The molecule has 1 aromatic rings. The van der Waals surface area contributed by atoms with Crippen molar-refractivity contribution in [2.24, 2.45) is 17.6 Å². The standard InChI is InChI=1S/C13H21IN2/c1-9(2)11(7-15)8-16-13-5-4-12(14)6-10(13)3/h4-6,9,11,16H,7-8,15H2,1-3H3. The van der Waals surface area contributed by atoms with Crippen LogP contribution in [0.15, 0.2) is 18.2 Å². The fourth-order valence-electron chi connectivity index (χ4n) is 1.66. The van der Waals surface area contributed by atoms with E-state index >= 15 is 0 Å². The summed E-state index contributed by atoms with van der Waals surface area (Å²) in [6.07, 6.45) is 0. The molecular weight excluding hydrogens is 311 g/mol. The zero-order valence-corrected chi connectivity index (χ0v) is 12.4. The lowest BCUT2D eigenvalue weighted by Gasteiger charge is -2.20. The van der Waals surface area contributed by atoms with Crippen LogP contribution in [-0.2, 0) is 0 Å². The van der Waals surface area contributed by atoms with Crippen molar-refractivity contribution in [2.75, 3.05) is 18.4 Å². The molecule has 0 aliphatic rings. The van der Waals surface area contributed by atoms with Crippen LogP contribution in [0.4, 0.5) is 5.69 Å². The van der Waals surface area contributed by atoms with Crippen LogP contribution in [0, 0.1) is 22.3 Å². The Labute approximate surface area is 112 Å². The molecule has 2 nitrogen and oxygen atoms in total. The van der Waals surface area contributed by atoms with Crippen molar-refractivity contribution >= 4 is 28.3 Å². The summed E-state index contributed by atoms with van der Waals surface area (Å²) in [5, 5.41) is 3.49. The predicted octanol–water partition coefficient (Wildman–Crippen LogP) is 3.24. The molecule has 0 heterocycles. The molecule has 0 bridgehead atoms. The molecule has 0 amide bonds. The molecule has 0 radical (unpaired) electrons. The molecule has 16 heavy (non-hydrogen) atoms. The second-order valence-corrected chi connectivity index (χ2v) is 5.83. The van der Waals surface area contributed by atoms with Crippen LogP contribution in [0.3, 0.4) is 0 Å². The van der Waals surface area contributed by atoms with Gasteiger partial charge in [0, 0.05) is 15.8 Å². The van der Waals surface area contributed by atoms with Crippen LogP contribution < -0.4 is 11.1 Å². The highest BCUT2D eigenvalue weighted by atomic mass is 127. The molecule has 1 aromatic carbocycles. The van der Waals surface area contributed by atoms with Crippen LogP contribution in [0.1, 0.15) is 19.4 Å². The molecule has 90 valence electrons. The summed E-state index contributed by atoms with van der Waals surface area (Å²) in [5.74, 6) is 1.17. The Balaban J connectivity index is 2.60. The highest BCUT2D eigenvalue weighted by Gasteiger charge is 2.11. The first-order chi connectivity index (χ1) is 7.54. The quantitative estimate of drug-likeness (QED) is 0.813. The lowest BCUT2D eigenvalue weighted by molar-refractivity contribution is 0.413. The zero-order valence-electron chi connectivity index (χ0n) is 10.3. The number of anilines is 1. The first-order valence-corrected chi connectivity index (χ1v) is 6.82. The van der Waals surface area contributed by atoms with E-state index in [9.17, 15) is 0 Å². The molecule has 0 saturated carbocycles. The Hall–Kier alpha value is -0.290. The Bertz CT molecular complexity index is 337. The lowest BCUT2D eigenvalue weighted by atomic mass is 9.96. The first-order valence-electron chi connectivity index (χ1n) is 5.74. The van der Waals surface area contributed by atoms with Crippen LogP contribution in [0.2, 0.25) is 0 Å². The summed E-state index contributed by atoms with van der Waals surface area (Å²) in [4.78, 5) is 0. The number of nitrogens with one attached hydrogen (secondary N) is 1. The molecular formula is C13H21IN2. The third-order valence-corrected chi connectivity index (χ3v) is 3.66. The maximum atomic E-state index is 5.76. The van der Waals surface area contributed by atoms with Crippen molar-refractivity contribution < 1.29 is 0 Å². The maximum absolute atomic E-state index is 5.76. The smallest absolute Gasteiger partial charge is 0.0370 e. The van der Waals surface area contributed by atoms with E-state index in [-0.39, 0.29) is 0 Å². The van der Waals surface area contributed by atoms with Gasteiger partial charge in [0.1, 0.15) is 0 Å². The normalized spacial score (nSPS) is 12.9. The number of aryl methyl sites for hydroxylation is 1. The van der Waals surface area contributed by atoms with Gasteiger partial charge in [0.25, 0.3) is 0 Å². The van der Waals surface area contributed by atoms with Crippen LogP contribution in [0.25, 0.3) is 0 Å². The van der Waals surface area contributed by atoms with Gasteiger partial charge in [-0.25, -0.2) is 0 Å². The molecule has 3 heteroatoms. The highest BCUT2D eigenvalue weighted by molar-refractivity contribution is 14.1. The van der Waals surface area contributed by atoms with Crippen molar-refractivity contribution in [3.63, 3.8) is 0 Å². The second-order valence-electron chi connectivity index (χ2n) is 4.58. The zero-order chi connectivity index (χ0) is 12.1. The maximum Gasteiger partial charge on any atom is 0.0370 e. The molecule has 0 aliphatic heterocycles. The molecule has 1 rings (SSSR count). The molecule has 0 fully saturated rings. The van der Waals surface area contributed by atoms with Crippen LogP contribution in [-0.4, -0.2) is 13.1 Å². The second kappa shape index (κ2) is 6.45. The largest absolute Gasteiger partial charge is 0.384 e. The number of nitrogens with two attached hydrogens (primary N) is 1. The van der Waals surface area contributed by atoms with E-state index in [0.717, 1.165) is 13.1 Å². The average molecular weight is 332 g/mol. The molecule has 1 atom stereocenters. The van der Waals surface area contributed by atoms with Crippen molar-refractivity contribution in [1.29, 1.82) is 0 Å². The van der Waals surface area contributed by atoms with Gasteiger partial charge in [-0.05, 0) is 71.7 Å². The monoisotopic (exact) mass is 332 g/mol. The predicted molar refractivity (Wildman–Crippen MR) is 79.8 cm³/mol. The van der Waals surface area contributed by atoms with Crippen LogP contribution >= 0.6 is 22.6 Å². The summed E-state index contributed by atoms with van der Waals surface area (Å²) >= 11 is 2.33. The molecule has 0 spiro atoms. The third kappa shape index (κ3) is 3.94. The Kier molecular flexibility index (Phi) is 5.55. The van der Waals surface area contributed by atoms with Gasteiger partial charge in [-0.3, -0.25) is 0 Å². The fourth-order valence-corrected chi connectivity index (χ4v) is 2.30. The van der Waals surface area contributed by atoms with E-state index < -0.39 is 0 Å². The average Bonchev–Trinajstić information content (AvgIpc) is 2.21. The molecule has 0 saturated heterocycles. The van der Waals surface area contributed by atoms with Crippen molar-refractivity contribution in [3.8, 4) is 0 Å². The topological polar surface area (TPSA) is 38.0 Å². The summed E-state index contributed by atoms with van der Waals surface area (Å²) in [7, 11) is 0. The minimum Gasteiger partial charge on any atom is -0.384 e. The van der Waals surface area contributed by atoms with E-state index in [2.05, 4.69) is 66.9 Å². The van der Waals surface area contributed by atoms with Gasteiger partial charge >= 0.3 is 0 Å². The van der Waals surface area contributed by atoms with E-state index in [1.807, 2.05) is 0 Å². The Morgan fingerprint density at radius 3 is 2.56 bits per heavy atom. The number of hydrogen-bond donors (Lipinski definition) is 2.